The molecule has 4 amide bonds. The van der Waals surface area contributed by atoms with E-state index >= 15 is 0 Å². The van der Waals surface area contributed by atoms with Crippen LogP contribution in [-0.4, -0.2) is 31.6 Å². The third-order valence-corrected chi connectivity index (χ3v) is 5.42. The minimum atomic E-state index is -0.838. The summed E-state index contributed by atoms with van der Waals surface area (Å²) < 4.78 is 11.3. The summed E-state index contributed by atoms with van der Waals surface area (Å²) in [5.74, 6) is -0.474. The minimum Gasteiger partial charge on any atom is -0.493 e. The van der Waals surface area contributed by atoms with Crippen LogP contribution in [0, 0.1) is 6.92 Å². The molecular formula is C25H25ClN2O5. The first-order valence-corrected chi connectivity index (χ1v) is 10.8. The van der Waals surface area contributed by atoms with Crippen molar-refractivity contribution in [2.45, 2.75) is 26.7 Å². The van der Waals surface area contributed by atoms with Crippen LogP contribution in [0.3, 0.4) is 0 Å². The zero-order valence-corrected chi connectivity index (χ0v) is 19.5. The lowest BCUT2D eigenvalue weighted by Crippen LogP contribution is -2.54. The highest BCUT2D eigenvalue weighted by atomic mass is 35.5. The molecule has 2 aromatic rings. The monoisotopic (exact) mass is 468 g/mol. The molecule has 33 heavy (non-hydrogen) atoms. The zero-order chi connectivity index (χ0) is 24.1. The summed E-state index contributed by atoms with van der Waals surface area (Å²) in [6.07, 6.45) is 4.47. The summed E-state index contributed by atoms with van der Waals surface area (Å²) >= 11 is 6.17. The third kappa shape index (κ3) is 5.09. The molecule has 2 aromatic carbocycles. The first-order chi connectivity index (χ1) is 15.8. The summed E-state index contributed by atoms with van der Waals surface area (Å²) in [7, 11) is 1.52. The van der Waals surface area contributed by atoms with E-state index in [2.05, 4.69) is 11.9 Å². The Morgan fingerprint density at radius 1 is 1.18 bits per heavy atom. The van der Waals surface area contributed by atoms with Crippen LogP contribution < -0.4 is 19.7 Å². The average molecular weight is 469 g/mol. The molecule has 8 heteroatoms. The highest BCUT2D eigenvalue weighted by Crippen LogP contribution is 2.35. The van der Waals surface area contributed by atoms with E-state index in [1.54, 1.807) is 37.3 Å². The van der Waals surface area contributed by atoms with Gasteiger partial charge in [0.15, 0.2) is 11.5 Å². The minimum absolute atomic E-state index is 0.194. The quantitative estimate of drug-likeness (QED) is 0.340. The summed E-state index contributed by atoms with van der Waals surface area (Å²) in [5, 5.41) is 2.61. The summed E-state index contributed by atoms with van der Waals surface area (Å²) in [6, 6.07) is 7.43. The second-order valence-corrected chi connectivity index (χ2v) is 7.85. The molecule has 0 unspecified atom stereocenters. The number of barbiturate groups is 1. The smallest absolute Gasteiger partial charge is 0.335 e. The van der Waals surface area contributed by atoms with Crippen molar-refractivity contribution < 1.29 is 23.9 Å². The van der Waals surface area contributed by atoms with E-state index in [0.717, 1.165) is 22.4 Å². The van der Waals surface area contributed by atoms with E-state index in [1.807, 2.05) is 6.92 Å². The molecule has 0 atom stereocenters. The number of nitrogens with one attached hydrogen (secondary N) is 1. The number of hydrogen-bond donors (Lipinski definition) is 1. The Bertz CT molecular complexity index is 1160. The molecule has 1 N–H and O–H groups in total. The molecule has 0 saturated carbocycles. The average Bonchev–Trinajstić information content (AvgIpc) is 2.78. The van der Waals surface area contributed by atoms with Gasteiger partial charge in [0, 0.05) is 10.6 Å². The fourth-order valence-electron chi connectivity index (χ4n) is 3.37. The number of nitrogens with zero attached hydrogens (tertiary/aromatic N) is 1. The van der Waals surface area contributed by atoms with Crippen LogP contribution in [0.25, 0.3) is 6.08 Å². The van der Waals surface area contributed by atoms with E-state index in [9.17, 15) is 14.4 Å². The van der Waals surface area contributed by atoms with Gasteiger partial charge < -0.3 is 9.47 Å². The molecule has 0 aromatic heterocycles. The molecule has 1 aliphatic heterocycles. The van der Waals surface area contributed by atoms with Crippen molar-refractivity contribution in [1.82, 2.24) is 5.32 Å². The number of imide groups is 2. The largest absolute Gasteiger partial charge is 0.493 e. The number of carbonyl (C=O) groups excluding carboxylic acids is 3. The molecule has 7 nitrogen and oxygen atoms in total. The van der Waals surface area contributed by atoms with E-state index in [1.165, 1.54) is 19.3 Å². The Balaban J connectivity index is 2.06. The number of hydrogen-bond acceptors (Lipinski definition) is 5. The van der Waals surface area contributed by atoms with Gasteiger partial charge in [0.25, 0.3) is 11.8 Å². The van der Waals surface area contributed by atoms with Gasteiger partial charge in [-0.3, -0.25) is 14.9 Å². The zero-order valence-electron chi connectivity index (χ0n) is 18.7. The lowest BCUT2D eigenvalue weighted by Gasteiger charge is -2.26. The van der Waals surface area contributed by atoms with Crippen molar-refractivity contribution in [2.75, 3.05) is 18.6 Å². The maximum absolute atomic E-state index is 13.2. The van der Waals surface area contributed by atoms with Crippen LogP contribution in [0.15, 0.2) is 48.6 Å². The Hall–Kier alpha value is -3.58. The van der Waals surface area contributed by atoms with E-state index in [4.69, 9.17) is 21.1 Å². The number of ether oxygens (including phenoxy) is 2. The van der Waals surface area contributed by atoms with Gasteiger partial charge in [-0.25, -0.2) is 9.69 Å². The first-order valence-electron chi connectivity index (χ1n) is 10.4. The Kier molecular flexibility index (Phi) is 7.55. The molecular weight excluding hydrogens is 444 g/mol. The highest BCUT2D eigenvalue weighted by Gasteiger charge is 2.37. The molecule has 1 saturated heterocycles. The lowest BCUT2D eigenvalue weighted by molar-refractivity contribution is -0.122. The molecule has 0 aliphatic carbocycles. The molecule has 0 spiro atoms. The molecule has 3 rings (SSSR count). The van der Waals surface area contributed by atoms with Gasteiger partial charge in [0.2, 0.25) is 0 Å². The maximum atomic E-state index is 13.2. The van der Waals surface area contributed by atoms with Crippen molar-refractivity contribution >= 4 is 41.2 Å². The Morgan fingerprint density at radius 3 is 2.58 bits per heavy atom. The van der Waals surface area contributed by atoms with Crippen molar-refractivity contribution in [3.8, 4) is 11.5 Å². The first kappa shape index (κ1) is 24.1. The number of urea groups is 1. The van der Waals surface area contributed by atoms with E-state index in [-0.39, 0.29) is 11.3 Å². The number of carbonyl (C=O) groups is 3. The van der Waals surface area contributed by atoms with Gasteiger partial charge in [-0.1, -0.05) is 30.7 Å². The van der Waals surface area contributed by atoms with Crippen LogP contribution in [0.5, 0.6) is 11.5 Å². The van der Waals surface area contributed by atoms with Crippen molar-refractivity contribution in [3.05, 3.63) is 70.3 Å². The standard InChI is InChI=1S/C25H25ClN2O5/c1-5-7-17-11-16(13-21(32-4)22(17)33-10-6-2)12-19-23(29)27-25(31)28(24(19)30)18-9-8-15(3)20(26)14-18/h5,8-9,11-14H,1,6-7,10H2,2-4H3,(H,27,29,31)/b19-12+. The van der Waals surface area contributed by atoms with Crippen molar-refractivity contribution in [1.29, 1.82) is 0 Å². The van der Waals surface area contributed by atoms with Crippen molar-refractivity contribution in [3.63, 3.8) is 0 Å². The molecule has 0 radical (unpaired) electrons. The van der Waals surface area contributed by atoms with Gasteiger partial charge in [-0.15, -0.1) is 6.58 Å². The SMILES string of the molecule is C=CCc1cc(/C=C2\C(=O)NC(=O)N(c3ccc(C)c(Cl)c3)C2=O)cc(OC)c1OCCC. The number of anilines is 1. The van der Waals surface area contributed by atoms with Crippen LogP contribution in [0.1, 0.15) is 30.0 Å². The van der Waals surface area contributed by atoms with Gasteiger partial charge in [0.1, 0.15) is 5.57 Å². The molecule has 172 valence electrons. The third-order valence-electron chi connectivity index (χ3n) is 5.02. The number of halogens is 1. The van der Waals surface area contributed by atoms with Crippen LogP contribution >= 0.6 is 11.6 Å². The maximum Gasteiger partial charge on any atom is 0.335 e. The van der Waals surface area contributed by atoms with Crippen LogP contribution in [0.2, 0.25) is 5.02 Å². The molecule has 1 heterocycles. The van der Waals surface area contributed by atoms with Gasteiger partial charge in [-0.2, -0.15) is 0 Å². The number of methoxy groups -OCH3 is 1. The predicted molar refractivity (Wildman–Crippen MR) is 128 cm³/mol. The number of rotatable bonds is 8. The number of allylic oxidation sites excluding steroid dienone is 1. The summed E-state index contributed by atoms with van der Waals surface area (Å²) in [5.41, 5.74) is 2.21. The highest BCUT2D eigenvalue weighted by molar-refractivity contribution is 6.39. The summed E-state index contributed by atoms with van der Waals surface area (Å²) in [4.78, 5) is 39.1. The second kappa shape index (κ2) is 10.4. The Labute approximate surface area is 197 Å². The Morgan fingerprint density at radius 2 is 1.94 bits per heavy atom. The topological polar surface area (TPSA) is 84.9 Å². The normalized spacial score (nSPS) is 15.0. The molecule has 0 bridgehead atoms. The van der Waals surface area contributed by atoms with E-state index in [0.29, 0.717) is 35.1 Å². The molecule has 1 fully saturated rings. The predicted octanol–water partition coefficient (Wildman–Crippen LogP) is 4.84. The van der Waals surface area contributed by atoms with Crippen LogP contribution in [-0.2, 0) is 16.0 Å². The fourth-order valence-corrected chi connectivity index (χ4v) is 3.55. The van der Waals surface area contributed by atoms with Crippen molar-refractivity contribution in [2.24, 2.45) is 0 Å². The summed E-state index contributed by atoms with van der Waals surface area (Å²) in [6.45, 7) is 8.10. The van der Waals surface area contributed by atoms with Gasteiger partial charge in [0.05, 0.1) is 19.4 Å². The number of aryl methyl sites for hydroxylation is 1. The second-order valence-electron chi connectivity index (χ2n) is 7.44. The lowest BCUT2D eigenvalue weighted by atomic mass is 10.0. The number of amides is 4. The van der Waals surface area contributed by atoms with Gasteiger partial charge in [-0.05, 0) is 61.2 Å². The van der Waals surface area contributed by atoms with Gasteiger partial charge >= 0.3 is 6.03 Å². The molecule has 1 aliphatic rings. The van der Waals surface area contributed by atoms with E-state index < -0.39 is 17.8 Å². The fraction of sp³-hybridized carbons (Fsp3) is 0.240. The van der Waals surface area contributed by atoms with Crippen LogP contribution in [0.4, 0.5) is 10.5 Å². The number of benzene rings is 2.